The molecule has 10 nitrogen and oxygen atoms in total. The van der Waals surface area contributed by atoms with Gasteiger partial charge < -0.3 is 10.2 Å². The molecule has 0 aliphatic heterocycles. The van der Waals surface area contributed by atoms with Gasteiger partial charge in [-0.1, -0.05) is 77.6 Å². The van der Waals surface area contributed by atoms with Gasteiger partial charge >= 0.3 is 0 Å². The molecule has 0 saturated heterocycles. The second-order valence-corrected chi connectivity index (χ2v) is 15.5. The predicted octanol–water partition coefficient (Wildman–Crippen LogP) is 11.2. The van der Waals surface area contributed by atoms with E-state index in [-0.39, 0.29) is 52.1 Å². The van der Waals surface area contributed by atoms with Gasteiger partial charge in [-0.05, 0) is 67.8 Å². The van der Waals surface area contributed by atoms with Gasteiger partial charge in [-0.15, -0.1) is 11.8 Å². The summed E-state index contributed by atoms with van der Waals surface area (Å²) >= 11 is 5.69. The Morgan fingerprint density at radius 1 is 0.678 bits per heavy atom. The number of nitro benzene ring substituents is 2. The first-order valence-electron chi connectivity index (χ1n) is 19.4. The molecule has 0 aliphatic carbocycles. The van der Waals surface area contributed by atoms with Gasteiger partial charge in [0.25, 0.3) is 11.4 Å². The van der Waals surface area contributed by atoms with Crippen LogP contribution in [0, 0.1) is 48.5 Å². The molecule has 2 unspecified atom stereocenters. The first-order valence-corrected chi connectivity index (χ1v) is 21.0. The fraction of sp³-hybridized carbons (Fsp3) is 0.409. The number of carbonyl (C=O) groups excluding carboxylic acids is 2. The highest BCUT2D eigenvalue weighted by Gasteiger charge is 2.28. The number of non-ortho nitro benzene ring substituents is 2. The van der Waals surface area contributed by atoms with Crippen LogP contribution < -0.4 is 0 Å². The molecule has 4 aromatic rings. The number of aliphatic hydroxyl groups is 2. The Labute approximate surface area is 353 Å². The van der Waals surface area contributed by atoms with E-state index in [9.17, 15) is 48.1 Å². The van der Waals surface area contributed by atoms with Crippen molar-refractivity contribution in [1.82, 2.24) is 0 Å². The Bertz CT molecular complexity index is 2000. The van der Waals surface area contributed by atoms with Crippen LogP contribution in [0.15, 0.2) is 89.8 Å². The third-order valence-corrected chi connectivity index (χ3v) is 12.3. The number of unbranched alkanes of at least 4 members (excludes halogenated alkanes) is 2. The van der Waals surface area contributed by atoms with Gasteiger partial charge in [-0.3, -0.25) is 29.8 Å². The third kappa shape index (κ3) is 15.2. The van der Waals surface area contributed by atoms with Gasteiger partial charge in [0.05, 0.1) is 15.4 Å². The van der Waals surface area contributed by atoms with E-state index in [1.54, 1.807) is 6.07 Å². The maximum Gasteiger partial charge on any atom is 0.270 e. The zero-order chi connectivity index (χ0) is 44.2. The Kier molecular flexibility index (Phi) is 21.6. The minimum atomic E-state index is -0.877. The van der Waals surface area contributed by atoms with E-state index in [0.29, 0.717) is 10.6 Å². The molecule has 0 saturated carbocycles. The van der Waals surface area contributed by atoms with Gasteiger partial charge in [0.15, 0.2) is 11.6 Å². The number of hydrogen-bond acceptors (Lipinski definition) is 10. The summed E-state index contributed by atoms with van der Waals surface area (Å²) in [4.78, 5) is 45.9. The van der Waals surface area contributed by atoms with Crippen LogP contribution in [0.5, 0.6) is 0 Å². The lowest BCUT2D eigenvalue weighted by Gasteiger charge is -2.30. The molecular weight excluding hydrogens is 806 g/mol. The summed E-state index contributed by atoms with van der Waals surface area (Å²) in [5.41, 5.74) is -0.858. The lowest BCUT2D eigenvalue weighted by atomic mass is 9.83. The fourth-order valence-electron chi connectivity index (χ4n) is 5.84. The van der Waals surface area contributed by atoms with E-state index in [2.05, 4.69) is 33.4 Å². The van der Waals surface area contributed by atoms with Crippen molar-refractivity contribution >= 4 is 47.3 Å². The number of hydrogen-bond donors (Lipinski definition) is 3. The van der Waals surface area contributed by atoms with Gasteiger partial charge in [-0.2, -0.15) is 12.6 Å². The van der Waals surface area contributed by atoms with Crippen molar-refractivity contribution in [3.63, 3.8) is 0 Å². The minimum Gasteiger partial charge on any atom is -0.396 e. The number of ketones is 2. The van der Waals surface area contributed by atoms with E-state index in [1.807, 2.05) is 6.92 Å². The van der Waals surface area contributed by atoms with Crippen molar-refractivity contribution in [1.29, 1.82) is 0 Å². The number of aliphatic hydroxyl groups excluding tert-OH is 2. The highest BCUT2D eigenvalue weighted by Crippen LogP contribution is 2.37. The summed E-state index contributed by atoms with van der Waals surface area (Å²) in [5.74, 6) is -2.04. The second kappa shape index (κ2) is 25.1. The van der Waals surface area contributed by atoms with Crippen LogP contribution in [-0.2, 0) is 0 Å². The van der Waals surface area contributed by atoms with Crippen LogP contribution in [0.4, 0.5) is 24.5 Å². The van der Waals surface area contributed by atoms with E-state index in [1.165, 1.54) is 79.2 Å². The van der Waals surface area contributed by atoms with Crippen molar-refractivity contribution in [3.05, 3.63) is 145 Å². The number of rotatable bonds is 20. The van der Waals surface area contributed by atoms with Gasteiger partial charge in [0.1, 0.15) is 17.5 Å². The van der Waals surface area contributed by atoms with E-state index < -0.39 is 44.4 Å². The maximum atomic E-state index is 13.9. The molecular formula is C44H53F3N2O8S2. The molecule has 0 amide bonds. The predicted molar refractivity (Wildman–Crippen MR) is 229 cm³/mol. The molecule has 0 aliphatic rings. The average Bonchev–Trinajstić information content (AvgIpc) is 3.26. The molecule has 0 aromatic heterocycles. The lowest BCUT2D eigenvalue weighted by molar-refractivity contribution is -0.385. The topological polar surface area (TPSA) is 161 Å². The number of carbonyl (C=O) groups is 2. The van der Waals surface area contributed by atoms with Crippen molar-refractivity contribution < 1.29 is 42.8 Å². The second-order valence-electron chi connectivity index (χ2n) is 14.2. The number of halogens is 3. The summed E-state index contributed by atoms with van der Waals surface area (Å²) in [5, 5.41) is 40.7. The van der Waals surface area contributed by atoms with Crippen LogP contribution in [0.25, 0.3) is 0 Å². The van der Waals surface area contributed by atoms with Gasteiger partial charge in [-0.25, -0.2) is 13.2 Å². The van der Waals surface area contributed by atoms with E-state index in [4.69, 9.17) is 5.11 Å². The molecule has 0 spiro atoms. The first kappa shape index (κ1) is 50.6. The summed E-state index contributed by atoms with van der Waals surface area (Å²) in [6, 6.07) is 16.8. The Morgan fingerprint density at radius 2 is 1.14 bits per heavy atom. The maximum absolute atomic E-state index is 13.9. The molecule has 0 bridgehead atoms. The SMILES string of the molecule is CCCCC(CC)(CO)CS.CCCCC(CC)(CO)CSc1ccc(F)cc1C(=O)c1cccc([N+](=O)[O-])c1.O=C(c1cccc([N+](=O)[O-])c1)c1cc(F)ccc1F. The number of thioether (sulfide) groups is 1. The Balaban J connectivity index is 0.000000342. The van der Waals surface area contributed by atoms with Crippen LogP contribution in [0.2, 0.25) is 0 Å². The van der Waals surface area contributed by atoms with Gasteiger partial charge in [0, 0.05) is 75.6 Å². The van der Waals surface area contributed by atoms with Crippen molar-refractivity contribution in [3.8, 4) is 0 Å². The minimum absolute atomic E-state index is 0.0475. The van der Waals surface area contributed by atoms with Crippen LogP contribution in [0.1, 0.15) is 111 Å². The van der Waals surface area contributed by atoms with Crippen molar-refractivity contribution in [2.75, 3.05) is 24.7 Å². The largest absolute Gasteiger partial charge is 0.396 e. The molecule has 0 fully saturated rings. The normalized spacial score (nSPS) is 12.8. The smallest absolute Gasteiger partial charge is 0.270 e. The van der Waals surface area contributed by atoms with Crippen molar-refractivity contribution in [2.45, 2.75) is 84.0 Å². The number of nitro groups is 2. The number of nitrogens with zero attached hydrogens (tertiary/aromatic N) is 2. The fourth-order valence-corrected chi connectivity index (χ4v) is 7.69. The van der Waals surface area contributed by atoms with E-state index in [0.717, 1.165) is 68.5 Å². The molecule has 2 atom stereocenters. The van der Waals surface area contributed by atoms with Crippen LogP contribution in [0.3, 0.4) is 0 Å². The summed E-state index contributed by atoms with van der Waals surface area (Å²) in [6.45, 7) is 8.77. The zero-order valence-electron chi connectivity index (χ0n) is 33.8. The molecule has 0 radical (unpaired) electrons. The first-order chi connectivity index (χ1) is 28.1. The number of benzene rings is 4. The molecule has 4 aromatic carbocycles. The quantitative estimate of drug-likeness (QED) is 0.0258. The summed E-state index contributed by atoms with van der Waals surface area (Å²) < 4.78 is 40.3. The molecule has 2 N–H and O–H groups in total. The third-order valence-electron chi connectivity index (χ3n) is 10.2. The van der Waals surface area contributed by atoms with Gasteiger partial charge in [0.2, 0.25) is 0 Å². The molecule has 15 heteroatoms. The highest BCUT2D eigenvalue weighted by molar-refractivity contribution is 7.99. The standard InChI is InChI=1S/C22H26FNO4S.C13H7F2NO3.C9H20OS/c1-3-5-11-22(4-2,14-25)15-29-20-10-9-17(23)13-19(20)21(26)16-7-6-8-18(12-16)24(27)28;14-9-4-5-12(15)11(7-9)13(17)8-2-1-3-10(6-8)16(18)19;1-3-5-6-9(4-2,7-10)8-11/h6-10,12-13,25H,3-5,11,14-15H2,1-2H3;1-7H;10-11H,3-8H2,1-2H3. The summed E-state index contributed by atoms with van der Waals surface area (Å²) in [7, 11) is 0. The molecule has 59 heavy (non-hydrogen) atoms. The van der Waals surface area contributed by atoms with Crippen molar-refractivity contribution in [2.24, 2.45) is 10.8 Å². The average molecular weight is 859 g/mol. The Morgan fingerprint density at radius 3 is 1.58 bits per heavy atom. The summed E-state index contributed by atoms with van der Waals surface area (Å²) in [6.07, 6.45) is 8.25. The monoisotopic (exact) mass is 858 g/mol. The van der Waals surface area contributed by atoms with Crippen LogP contribution >= 0.6 is 24.4 Å². The van der Waals surface area contributed by atoms with Crippen LogP contribution in [-0.4, -0.2) is 56.3 Å². The Hall–Kier alpha value is -4.57. The molecule has 320 valence electrons. The van der Waals surface area contributed by atoms with E-state index >= 15 is 0 Å². The lowest BCUT2D eigenvalue weighted by Crippen LogP contribution is -2.27. The zero-order valence-corrected chi connectivity index (χ0v) is 35.5. The number of thiol groups is 1. The molecule has 0 heterocycles. The highest BCUT2D eigenvalue weighted by atomic mass is 32.2. The molecule has 4 rings (SSSR count).